The van der Waals surface area contributed by atoms with Gasteiger partial charge >= 0.3 is 0 Å². The van der Waals surface area contributed by atoms with Crippen LogP contribution in [0.15, 0.2) is 45.3 Å². The third-order valence-corrected chi connectivity index (χ3v) is 3.85. The van der Waals surface area contributed by atoms with Crippen LogP contribution in [0.25, 0.3) is 0 Å². The molecule has 1 fully saturated rings. The molecule has 2 aromatic heterocycles. The van der Waals surface area contributed by atoms with Crippen LogP contribution < -0.4 is 10.1 Å². The molecule has 7 heteroatoms. The van der Waals surface area contributed by atoms with Crippen LogP contribution in [0, 0.1) is 6.92 Å². The van der Waals surface area contributed by atoms with Crippen LogP contribution in [0.3, 0.4) is 0 Å². The van der Waals surface area contributed by atoms with Gasteiger partial charge in [0.25, 0.3) is 5.91 Å². The molecule has 0 radical (unpaired) electrons. The number of aryl methyl sites for hydroxylation is 1. The number of benzene rings is 1. The molecule has 128 valence electrons. The van der Waals surface area contributed by atoms with Crippen molar-refractivity contribution in [3.05, 3.63) is 59.6 Å². The van der Waals surface area contributed by atoms with E-state index < -0.39 is 0 Å². The van der Waals surface area contributed by atoms with E-state index in [1.165, 1.54) is 0 Å². The van der Waals surface area contributed by atoms with Crippen molar-refractivity contribution in [3.8, 4) is 5.75 Å². The zero-order chi connectivity index (χ0) is 17.2. The maximum Gasteiger partial charge on any atom is 0.291 e. The van der Waals surface area contributed by atoms with Gasteiger partial charge in [-0.3, -0.25) is 4.79 Å². The van der Waals surface area contributed by atoms with E-state index in [4.69, 9.17) is 13.7 Å². The summed E-state index contributed by atoms with van der Waals surface area (Å²) in [6.45, 7) is 2.04. The monoisotopic (exact) mass is 339 g/mol. The summed E-state index contributed by atoms with van der Waals surface area (Å²) >= 11 is 0. The van der Waals surface area contributed by atoms with Crippen molar-refractivity contribution >= 4 is 11.6 Å². The molecule has 2 heterocycles. The van der Waals surface area contributed by atoms with Crippen LogP contribution in [0.5, 0.6) is 5.75 Å². The quantitative estimate of drug-likeness (QED) is 0.737. The van der Waals surface area contributed by atoms with Crippen LogP contribution in [-0.2, 0) is 6.61 Å². The van der Waals surface area contributed by atoms with Gasteiger partial charge in [-0.2, -0.15) is 4.98 Å². The van der Waals surface area contributed by atoms with Crippen molar-refractivity contribution in [2.24, 2.45) is 0 Å². The highest BCUT2D eigenvalue weighted by Gasteiger charge is 2.29. The number of furan rings is 1. The van der Waals surface area contributed by atoms with E-state index in [-0.39, 0.29) is 18.3 Å². The van der Waals surface area contributed by atoms with E-state index >= 15 is 0 Å². The van der Waals surface area contributed by atoms with E-state index in [0.29, 0.717) is 34.8 Å². The Labute approximate surface area is 144 Å². The maximum atomic E-state index is 12.0. The zero-order valence-electron chi connectivity index (χ0n) is 13.7. The minimum Gasteiger partial charge on any atom is -0.485 e. The summed E-state index contributed by atoms with van der Waals surface area (Å²) in [7, 11) is 0. The Bertz CT molecular complexity index is 878. The van der Waals surface area contributed by atoms with Gasteiger partial charge in [0, 0.05) is 11.6 Å². The number of anilines is 1. The van der Waals surface area contributed by atoms with Gasteiger partial charge in [0.05, 0.1) is 0 Å². The second-order valence-electron chi connectivity index (χ2n) is 6.00. The fraction of sp³-hybridized carbons (Fsp3) is 0.278. The van der Waals surface area contributed by atoms with Gasteiger partial charge in [-0.25, -0.2) is 0 Å². The number of rotatable bonds is 6. The number of ether oxygens (including phenoxy) is 1. The summed E-state index contributed by atoms with van der Waals surface area (Å²) in [5, 5.41) is 6.67. The maximum absolute atomic E-state index is 12.0. The van der Waals surface area contributed by atoms with E-state index in [1.807, 2.05) is 0 Å². The van der Waals surface area contributed by atoms with Gasteiger partial charge < -0.3 is 19.0 Å². The topological polar surface area (TPSA) is 90.4 Å². The lowest BCUT2D eigenvalue weighted by Gasteiger charge is -2.06. The van der Waals surface area contributed by atoms with Crippen molar-refractivity contribution < 1.29 is 18.5 Å². The lowest BCUT2D eigenvalue weighted by atomic mass is 10.3. The fourth-order valence-electron chi connectivity index (χ4n) is 2.35. The number of carbonyl (C=O) groups is 1. The number of amides is 1. The average Bonchev–Trinajstić information content (AvgIpc) is 3.19. The Hall–Kier alpha value is -3.09. The first kappa shape index (κ1) is 15.4. The van der Waals surface area contributed by atoms with Crippen molar-refractivity contribution in [2.75, 3.05) is 5.32 Å². The van der Waals surface area contributed by atoms with E-state index in [0.717, 1.165) is 12.8 Å². The van der Waals surface area contributed by atoms with E-state index in [2.05, 4.69) is 15.5 Å². The molecule has 0 aliphatic heterocycles. The molecule has 0 spiro atoms. The van der Waals surface area contributed by atoms with Gasteiger partial charge in [0.1, 0.15) is 11.5 Å². The Kier molecular flexibility index (Phi) is 3.97. The minimum absolute atomic E-state index is 0.244. The highest BCUT2D eigenvalue weighted by molar-refractivity contribution is 6.02. The lowest BCUT2D eigenvalue weighted by Crippen LogP contribution is -2.10. The van der Waals surface area contributed by atoms with Crippen LogP contribution in [0.1, 0.15) is 46.8 Å². The largest absolute Gasteiger partial charge is 0.485 e. The van der Waals surface area contributed by atoms with Crippen molar-refractivity contribution in [1.29, 1.82) is 0 Å². The molecule has 0 bridgehead atoms. The molecule has 1 aliphatic rings. The SMILES string of the molecule is Cc1ccc(C(=O)Nc2ccc(OCc3noc(C4CC4)n3)cc2)o1. The van der Waals surface area contributed by atoms with Crippen LogP contribution >= 0.6 is 0 Å². The first-order valence-corrected chi connectivity index (χ1v) is 8.10. The molecule has 4 rings (SSSR count). The molecule has 1 saturated carbocycles. The predicted molar refractivity (Wildman–Crippen MR) is 88.4 cm³/mol. The van der Waals surface area contributed by atoms with E-state index in [1.54, 1.807) is 43.3 Å². The van der Waals surface area contributed by atoms with Gasteiger partial charge in [-0.15, -0.1) is 0 Å². The molecular formula is C18H17N3O4. The normalized spacial score (nSPS) is 13.6. The predicted octanol–water partition coefficient (Wildman–Crippen LogP) is 3.68. The summed E-state index contributed by atoms with van der Waals surface area (Å²) < 4.78 is 16.1. The Balaban J connectivity index is 1.32. The summed E-state index contributed by atoms with van der Waals surface area (Å²) in [6, 6.07) is 10.4. The molecule has 1 aliphatic carbocycles. The summed E-state index contributed by atoms with van der Waals surface area (Å²) in [6.07, 6.45) is 2.24. The van der Waals surface area contributed by atoms with Crippen molar-refractivity contribution in [3.63, 3.8) is 0 Å². The van der Waals surface area contributed by atoms with Crippen LogP contribution in [-0.4, -0.2) is 16.0 Å². The number of hydrogen-bond acceptors (Lipinski definition) is 6. The van der Waals surface area contributed by atoms with Gasteiger partial charge in [0.15, 0.2) is 12.4 Å². The standard InChI is InChI=1S/C18H17N3O4/c1-11-2-9-15(24-11)17(22)19-13-5-7-14(8-6-13)23-10-16-20-18(25-21-16)12-3-4-12/h2,5-9,12H,3-4,10H2,1H3,(H,19,22). The number of nitrogens with one attached hydrogen (secondary N) is 1. The van der Waals surface area contributed by atoms with Gasteiger partial charge in [-0.1, -0.05) is 5.16 Å². The third-order valence-electron chi connectivity index (χ3n) is 3.85. The Morgan fingerprint density at radius 1 is 1.24 bits per heavy atom. The van der Waals surface area contributed by atoms with Gasteiger partial charge in [0.2, 0.25) is 11.7 Å². The molecule has 1 aromatic carbocycles. The number of aromatic nitrogens is 2. The molecule has 0 atom stereocenters. The average molecular weight is 339 g/mol. The zero-order valence-corrected chi connectivity index (χ0v) is 13.7. The van der Waals surface area contributed by atoms with Crippen LogP contribution in [0.2, 0.25) is 0 Å². The Morgan fingerprint density at radius 3 is 2.72 bits per heavy atom. The molecule has 1 N–H and O–H groups in total. The second-order valence-corrected chi connectivity index (χ2v) is 6.00. The van der Waals surface area contributed by atoms with Crippen LogP contribution in [0.4, 0.5) is 5.69 Å². The highest BCUT2D eigenvalue weighted by atomic mass is 16.5. The highest BCUT2D eigenvalue weighted by Crippen LogP contribution is 2.38. The minimum atomic E-state index is -0.291. The first-order valence-electron chi connectivity index (χ1n) is 8.10. The third kappa shape index (κ3) is 3.71. The molecule has 1 amide bonds. The fourth-order valence-corrected chi connectivity index (χ4v) is 2.35. The Morgan fingerprint density at radius 2 is 2.04 bits per heavy atom. The number of hydrogen-bond donors (Lipinski definition) is 1. The molecule has 25 heavy (non-hydrogen) atoms. The van der Waals surface area contributed by atoms with Crippen molar-refractivity contribution in [1.82, 2.24) is 10.1 Å². The summed E-state index contributed by atoms with van der Waals surface area (Å²) in [4.78, 5) is 16.3. The molecular weight excluding hydrogens is 322 g/mol. The molecule has 3 aromatic rings. The number of nitrogens with zero attached hydrogens (tertiary/aromatic N) is 2. The lowest BCUT2D eigenvalue weighted by molar-refractivity contribution is 0.0995. The summed E-state index contributed by atoms with van der Waals surface area (Å²) in [5.74, 6) is 3.01. The molecule has 7 nitrogen and oxygen atoms in total. The molecule has 0 saturated heterocycles. The number of carbonyl (C=O) groups excluding carboxylic acids is 1. The second kappa shape index (κ2) is 6.43. The van der Waals surface area contributed by atoms with Gasteiger partial charge in [-0.05, 0) is 56.2 Å². The van der Waals surface area contributed by atoms with Crippen molar-refractivity contribution in [2.45, 2.75) is 32.3 Å². The summed E-state index contributed by atoms with van der Waals surface area (Å²) in [5.41, 5.74) is 0.655. The molecule has 0 unspecified atom stereocenters. The van der Waals surface area contributed by atoms with E-state index in [9.17, 15) is 4.79 Å². The smallest absolute Gasteiger partial charge is 0.291 e. The first-order chi connectivity index (χ1) is 12.2.